The fourth-order valence-electron chi connectivity index (χ4n) is 2.57. The first-order valence-electron chi connectivity index (χ1n) is 8.76. The SMILES string of the molecule is Cc1cccc(NS(=O)(=O)c2ccc(NC(=O)/C=C/c3ccc(F)cc3)cc2)c1. The van der Waals surface area contributed by atoms with E-state index >= 15 is 0 Å². The molecule has 7 heteroatoms. The van der Waals surface area contributed by atoms with E-state index < -0.39 is 10.0 Å². The van der Waals surface area contributed by atoms with Crippen molar-refractivity contribution in [3.05, 3.63) is 95.8 Å². The van der Waals surface area contributed by atoms with Crippen molar-refractivity contribution in [3.8, 4) is 0 Å². The lowest BCUT2D eigenvalue weighted by Gasteiger charge is -2.09. The Morgan fingerprint density at radius 2 is 1.62 bits per heavy atom. The predicted octanol–water partition coefficient (Wildman–Crippen LogP) is 4.59. The Labute approximate surface area is 169 Å². The van der Waals surface area contributed by atoms with Crippen LogP contribution in [-0.4, -0.2) is 14.3 Å². The molecule has 0 bridgehead atoms. The average Bonchev–Trinajstić information content (AvgIpc) is 2.68. The molecule has 2 N–H and O–H groups in total. The highest BCUT2D eigenvalue weighted by Crippen LogP contribution is 2.19. The van der Waals surface area contributed by atoms with Gasteiger partial charge in [-0.3, -0.25) is 9.52 Å². The molecule has 5 nitrogen and oxygen atoms in total. The molecule has 0 spiro atoms. The van der Waals surface area contributed by atoms with Crippen molar-refractivity contribution in [2.45, 2.75) is 11.8 Å². The number of hydrogen-bond donors (Lipinski definition) is 2. The molecule has 3 aromatic carbocycles. The fourth-order valence-corrected chi connectivity index (χ4v) is 3.62. The van der Waals surface area contributed by atoms with Crippen molar-refractivity contribution in [2.75, 3.05) is 10.0 Å². The van der Waals surface area contributed by atoms with E-state index in [0.29, 0.717) is 16.9 Å². The minimum Gasteiger partial charge on any atom is -0.323 e. The minimum atomic E-state index is -3.73. The summed E-state index contributed by atoms with van der Waals surface area (Å²) in [5, 5.41) is 2.64. The van der Waals surface area contributed by atoms with Crippen molar-refractivity contribution < 1.29 is 17.6 Å². The van der Waals surface area contributed by atoms with Crippen molar-refractivity contribution >= 4 is 33.4 Å². The van der Waals surface area contributed by atoms with Gasteiger partial charge in [0.15, 0.2) is 0 Å². The molecule has 0 atom stereocenters. The van der Waals surface area contributed by atoms with Crippen LogP contribution in [0.25, 0.3) is 6.08 Å². The monoisotopic (exact) mass is 410 g/mol. The van der Waals surface area contributed by atoms with Gasteiger partial charge in [0.25, 0.3) is 10.0 Å². The molecule has 29 heavy (non-hydrogen) atoms. The first-order chi connectivity index (χ1) is 13.8. The van der Waals surface area contributed by atoms with Gasteiger partial charge >= 0.3 is 0 Å². The number of hydrogen-bond acceptors (Lipinski definition) is 3. The number of amides is 1. The minimum absolute atomic E-state index is 0.0823. The smallest absolute Gasteiger partial charge is 0.261 e. The van der Waals surface area contributed by atoms with Crippen LogP contribution in [0.3, 0.4) is 0 Å². The van der Waals surface area contributed by atoms with Crippen LogP contribution in [0.15, 0.2) is 83.8 Å². The summed E-state index contributed by atoms with van der Waals surface area (Å²) < 4.78 is 40.4. The number of halogens is 1. The predicted molar refractivity (Wildman–Crippen MR) is 112 cm³/mol. The number of sulfonamides is 1. The third-order valence-corrected chi connectivity index (χ3v) is 5.40. The van der Waals surface area contributed by atoms with E-state index in [2.05, 4.69) is 10.0 Å². The first kappa shape index (κ1) is 20.3. The van der Waals surface area contributed by atoms with Crippen LogP contribution in [-0.2, 0) is 14.8 Å². The molecule has 0 saturated heterocycles. The maximum Gasteiger partial charge on any atom is 0.261 e. The van der Waals surface area contributed by atoms with Gasteiger partial charge in [0.05, 0.1) is 4.90 Å². The summed E-state index contributed by atoms with van der Waals surface area (Å²) in [6.45, 7) is 1.87. The van der Waals surface area contributed by atoms with Gasteiger partial charge in [0.1, 0.15) is 5.82 Å². The number of carbonyl (C=O) groups excluding carboxylic acids is 1. The third kappa shape index (κ3) is 5.76. The number of carbonyl (C=O) groups is 1. The number of anilines is 2. The van der Waals surface area contributed by atoms with Gasteiger partial charge in [0.2, 0.25) is 5.91 Å². The number of benzene rings is 3. The molecule has 0 saturated carbocycles. The van der Waals surface area contributed by atoms with Crippen LogP contribution in [0.2, 0.25) is 0 Å². The van der Waals surface area contributed by atoms with E-state index in [0.717, 1.165) is 5.56 Å². The Morgan fingerprint density at radius 1 is 0.931 bits per heavy atom. The zero-order valence-corrected chi connectivity index (χ0v) is 16.4. The molecule has 0 heterocycles. The van der Waals surface area contributed by atoms with Crippen molar-refractivity contribution in [3.63, 3.8) is 0 Å². The Morgan fingerprint density at radius 3 is 2.28 bits per heavy atom. The summed E-state index contributed by atoms with van der Waals surface area (Å²) in [4.78, 5) is 12.1. The van der Waals surface area contributed by atoms with E-state index in [1.807, 2.05) is 13.0 Å². The Balaban J connectivity index is 1.64. The second kappa shape index (κ2) is 8.70. The van der Waals surface area contributed by atoms with E-state index in [1.165, 1.54) is 42.5 Å². The number of aryl methyl sites for hydroxylation is 1. The van der Waals surface area contributed by atoms with Crippen LogP contribution in [0.1, 0.15) is 11.1 Å². The fraction of sp³-hybridized carbons (Fsp3) is 0.0455. The highest BCUT2D eigenvalue weighted by molar-refractivity contribution is 7.92. The van der Waals surface area contributed by atoms with E-state index in [4.69, 9.17) is 0 Å². The maximum absolute atomic E-state index is 12.9. The lowest BCUT2D eigenvalue weighted by molar-refractivity contribution is -0.111. The summed E-state index contributed by atoms with van der Waals surface area (Å²) in [5.74, 6) is -0.735. The quantitative estimate of drug-likeness (QED) is 0.584. The van der Waals surface area contributed by atoms with Crippen LogP contribution in [0.4, 0.5) is 15.8 Å². The van der Waals surface area contributed by atoms with E-state index in [-0.39, 0.29) is 16.6 Å². The zero-order valence-electron chi connectivity index (χ0n) is 15.6. The standard InChI is InChI=1S/C22H19FN2O3S/c1-16-3-2-4-20(15-16)25-29(27,28)21-12-10-19(11-13-21)24-22(26)14-7-17-5-8-18(23)9-6-17/h2-15,25H,1H3,(H,24,26)/b14-7+. The molecular weight excluding hydrogens is 391 g/mol. The third-order valence-electron chi connectivity index (χ3n) is 4.00. The van der Waals surface area contributed by atoms with Gasteiger partial charge in [-0.05, 0) is 72.7 Å². The highest BCUT2D eigenvalue weighted by atomic mass is 32.2. The second-order valence-corrected chi connectivity index (χ2v) is 8.06. The van der Waals surface area contributed by atoms with Gasteiger partial charge in [0, 0.05) is 17.5 Å². The summed E-state index contributed by atoms with van der Waals surface area (Å²) in [5.41, 5.74) is 2.56. The summed E-state index contributed by atoms with van der Waals surface area (Å²) in [6, 6.07) is 18.6. The van der Waals surface area contributed by atoms with E-state index in [9.17, 15) is 17.6 Å². The molecule has 0 aliphatic heterocycles. The molecule has 0 aromatic heterocycles. The molecule has 0 fully saturated rings. The highest BCUT2D eigenvalue weighted by Gasteiger charge is 2.14. The van der Waals surface area contributed by atoms with Gasteiger partial charge in [-0.25, -0.2) is 12.8 Å². The summed E-state index contributed by atoms with van der Waals surface area (Å²) in [6.07, 6.45) is 2.87. The number of nitrogens with one attached hydrogen (secondary N) is 2. The van der Waals surface area contributed by atoms with Crippen LogP contribution in [0, 0.1) is 12.7 Å². The molecule has 148 valence electrons. The Kier molecular flexibility index (Phi) is 6.09. The largest absolute Gasteiger partial charge is 0.323 e. The van der Waals surface area contributed by atoms with Gasteiger partial charge in [-0.2, -0.15) is 0 Å². The molecule has 0 radical (unpaired) electrons. The molecule has 3 aromatic rings. The zero-order chi connectivity index (χ0) is 20.9. The van der Waals surface area contributed by atoms with Crippen molar-refractivity contribution in [2.24, 2.45) is 0 Å². The first-order valence-corrected chi connectivity index (χ1v) is 10.2. The maximum atomic E-state index is 12.9. The van der Waals surface area contributed by atoms with Gasteiger partial charge in [-0.1, -0.05) is 24.3 Å². The molecule has 0 aliphatic carbocycles. The van der Waals surface area contributed by atoms with Crippen LogP contribution >= 0.6 is 0 Å². The summed E-state index contributed by atoms with van der Waals surface area (Å²) >= 11 is 0. The van der Waals surface area contributed by atoms with Crippen molar-refractivity contribution in [1.82, 2.24) is 0 Å². The molecule has 1 amide bonds. The molecule has 0 unspecified atom stereocenters. The normalized spacial score (nSPS) is 11.4. The van der Waals surface area contributed by atoms with Gasteiger partial charge < -0.3 is 5.32 Å². The molecule has 0 aliphatic rings. The van der Waals surface area contributed by atoms with E-state index in [1.54, 1.807) is 36.4 Å². The lowest BCUT2D eigenvalue weighted by atomic mass is 10.2. The van der Waals surface area contributed by atoms with Crippen LogP contribution < -0.4 is 10.0 Å². The summed E-state index contributed by atoms with van der Waals surface area (Å²) in [7, 11) is -3.73. The molecular formula is C22H19FN2O3S. The van der Waals surface area contributed by atoms with Crippen molar-refractivity contribution in [1.29, 1.82) is 0 Å². The lowest BCUT2D eigenvalue weighted by Crippen LogP contribution is -2.13. The molecule has 3 rings (SSSR count). The van der Waals surface area contributed by atoms with Crippen LogP contribution in [0.5, 0.6) is 0 Å². The van der Waals surface area contributed by atoms with Gasteiger partial charge in [-0.15, -0.1) is 0 Å². The average molecular weight is 410 g/mol. The number of rotatable bonds is 6. The Bertz CT molecular complexity index is 1140. The second-order valence-electron chi connectivity index (χ2n) is 6.37. The Hall–Kier alpha value is -3.45. The topological polar surface area (TPSA) is 75.3 Å².